The van der Waals surface area contributed by atoms with E-state index in [1.54, 1.807) is 14.0 Å². The Morgan fingerprint density at radius 1 is 1.11 bits per heavy atom. The third-order valence-electron chi connectivity index (χ3n) is 4.86. The fourth-order valence-electron chi connectivity index (χ4n) is 3.26. The normalized spacial score (nSPS) is 14.3. The first-order valence-corrected chi connectivity index (χ1v) is 9.28. The summed E-state index contributed by atoms with van der Waals surface area (Å²) < 4.78 is 12.0. The van der Waals surface area contributed by atoms with Crippen LogP contribution in [0.1, 0.15) is 11.3 Å². The lowest BCUT2D eigenvalue weighted by molar-refractivity contribution is 0.0982. The molecule has 0 spiro atoms. The van der Waals surface area contributed by atoms with Gasteiger partial charge in [-0.3, -0.25) is 4.79 Å². The lowest BCUT2D eigenvalue weighted by Crippen LogP contribution is -2.36. The molecule has 0 radical (unpaired) electrons. The smallest absolute Gasteiger partial charge is 0.304 e. The van der Waals surface area contributed by atoms with E-state index in [4.69, 9.17) is 14.3 Å². The van der Waals surface area contributed by atoms with E-state index in [0.717, 1.165) is 35.6 Å². The lowest BCUT2D eigenvalue weighted by Gasteiger charge is -2.29. The summed E-state index contributed by atoms with van der Waals surface area (Å²) in [6.07, 6.45) is 0. The number of aryl methyl sites for hydroxylation is 1. The molecule has 3 aromatic rings. The minimum absolute atomic E-state index is 0.250. The standard InChI is InChI=1S/C21H23N3O4/c1-15-21(25)24(28-14-16-3-6-18(26-2)7-4-16)20-13-17(5-8-19(20)22-15)23-9-11-27-12-10-23/h3-8,13H,9-12,14H2,1-2H3. The molecule has 0 saturated carbocycles. The van der Waals surface area contributed by atoms with Crippen molar-refractivity contribution in [1.82, 2.24) is 9.71 Å². The number of fused-ring (bicyclic) bond motifs is 1. The molecule has 1 aliphatic heterocycles. The maximum absolute atomic E-state index is 12.7. The van der Waals surface area contributed by atoms with Crippen LogP contribution in [-0.2, 0) is 11.3 Å². The second-order valence-corrected chi connectivity index (χ2v) is 6.69. The highest BCUT2D eigenvalue weighted by atomic mass is 16.7. The van der Waals surface area contributed by atoms with Crippen LogP contribution in [0, 0.1) is 6.92 Å². The summed E-state index contributed by atoms with van der Waals surface area (Å²) >= 11 is 0. The molecule has 146 valence electrons. The molecular weight excluding hydrogens is 358 g/mol. The predicted molar refractivity (Wildman–Crippen MR) is 107 cm³/mol. The van der Waals surface area contributed by atoms with Crippen molar-refractivity contribution in [2.45, 2.75) is 13.5 Å². The van der Waals surface area contributed by atoms with Crippen LogP contribution >= 0.6 is 0 Å². The third-order valence-corrected chi connectivity index (χ3v) is 4.86. The molecule has 0 unspecified atom stereocenters. The number of hydrogen-bond donors (Lipinski definition) is 0. The molecule has 1 saturated heterocycles. The van der Waals surface area contributed by atoms with Crippen molar-refractivity contribution in [3.05, 3.63) is 64.1 Å². The predicted octanol–water partition coefficient (Wildman–Crippen LogP) is 2.18. The van der Waals surface area contributed by atoms with Crippen molar-refractivity contribution >= 4 is 16.7 Å². The molecule has 7 heteroatoms. The molecule has 0 bridgehead atoms. The summed E-state index contributed by atoms with van der Waals surface area (Å²) in [7, 11) is 1.63. The third kappa shape index (κ3) is 3.66. The Hall–Kier alpha value is -3.06. The molecule has 28 heavy (non-hydrogen) atoms. The molecule has 0 atom stereocenters. The molecule has 7 nitrogen and oxygen atoms in total. The number of benzene rings is 2. The van der Waals surface area contributed by atoms with Gasteiger partial charge >= 0.3 is 5.56 Å². The number of methoxy groups -OCH3 is 1. The average molecular weight is 381 g/mol. The zero-order valence-electron chi connectivity index (χ0n) is 16.1. The fraction of sp³-hybridized carbons (Fsp3) is 0.333. The highest BCUT2D eigenvalue weighted by Gasteiger charge is 2.15. The average Bonchev–Trinajstić information content (AvgIpc) is 2.75. The summed E-state index contributed by atoms with van der Waals surface area (Å²) in [6, 6.07) is 13.5. The van der Waals surface area contributed by atoms with Crippen LogP contribution in [0.3, 0.4) is 0 Å². The minimum atomic E-state index is -0.250. The van der Waals surface area contributed by atoms with Crippen molar-refractivity contribution in [3.63, 3.8) is 0 Å². The van der Waals surface area contributed by atoms with Crippen LogP contribution < -0.4 is 20.0 Å². The van der Waals surface area contributed by atoms with E-state index >= 15 is 0 Å². The fourth-order valence-corrected chi connectivity index (χ4v) is 3.26. The van der Waals surface area contributed by atoms with Gasteiger partial charge in [-0.25, -0.2) is 4.98 Å². The van der Waals surface area contributed by atoms with Gasteiger partial charge < -0.3 is 19.2 Å². The first-order valence-electron chi connectivity index (χ1n) is 9.28. The zero-order chi connectivity index (χ0) is 19.5. The molecule has 2 aromatic carbocycles. The number of nitrogens with zero attached hydrogens (tertiary/aromatic N) is 3. The number of ether oxygens (including phenoxy) is 2. The molecule has 1 aliphatic rings. The number of rotatable bonds is 5. The molecule has 2 heterocycles. The van der Waals surface area contributed by atoms with Crippen molar-refractivity contribution in [2.75, 3.05) is 38.3 Å². The number of morpholine rings is 1. The summed E-state index contributed by atoms with van der Waals surface area (Å²) in [5, 5.41) is 0. The van der Waals surface area contributed by atoms with Gasteiger partial charge in [-0.2, -0.15) is 0 Å². The summed E-state index contributed by atoms with van der Waals surface area (Å²) in [4.78, 5) is 25.3. The monoisotopic (exact) mass is 381 g/mol. The lowest BCUT2D eigenvalue weighted by atomic mass is 10.2. The van der Waals surface area contributed by atoms with Crippen LogP contribution in [0.15, 0.2) is 47.3 Å². The van der Waals surface area contributed by atoms with E-state index in [0.29, 0.717) is 24.4 Å². The first kappa shape index (κ1) is 18.3. The van der Waals surface area contributed by atoms with Crippen LogP contribution in [0.4, 0.5) is 5.69 Å². The van der Waals surface area contributed by atoms with E-state index in [1.807, 2.05) is 42.5 Å². The van der Waals surface area contributed by atoms with E-state index in [-0.39, 0.29) is 12.2 Å². The van der Waals surface area contributed by atoms with Crippen molar-refractivity contribution in [3.8, 4) is 5.75 Å². The number of hydrogen-bond acceptors (Lipinski definition) is 6. The molecular formula is C21H23N3O4. The van der Waals surface area contributed by atoms with Gasteiger partial charge in [0.15, 0.2) is 0 Å². The van der Waals surface area contributed by atoms with Crippen molar-refractivity contribution < 1.29 is 14.3 Å². The SMILES string of the molecule is COc1ccc(COn2c(=O)c(C)nc3ccc(N4CCOCC4)cc32)cc1. The number of anilines is 1. The first-order chi connectivity index (χ1) is 13.7. The molecule has 1 fully saturated rings. The van der Waals surface area contributed by atoms with Gasteiger partial charge in [0, 0.05) is 18.8 Å². The van der Waals surface area contributed by atoms with E-state index < -0.39 is 0 Å². The van der Waals surface area contributed by atoms with Crippen LogP contribution in [0.2, 0.25) is 0 Å². The summed E-state index contributed by atoms with van der Waals surface area (Å²) in [5.74, 6) is 0.779. The Kier molecular flexibility index (Phi) is 5.16. The van der Waals surface area contributed by atoms with Crippen LogP contribution in [0.25, 0.3) is 11.0 Å². The molecule has 1 aromatic heterocycles. The quantitative estimate of drug-likeness (QED) is 0.675. The molecule has 0 N–H and O–H groups in total. The molecule has 0 aliphatic carbocycles. The van der Waals surface area contributed by atoms with E-state index in [1.165, 1.54) is 4.73 Å². The van der Waals surface area contributed by atoms with Gasteiger partial charge in [0.1, 0.15) is 23.6 Å². The second kappa shape index (κ2) is 7.90. The van der Waals surface area contributed by atoms with E-state index in [9.17, 15) is 4.79 Å². The largest absolute Gasteiger partial charge is 0.497 e. The Bertz CT molecular complexity index is 1020. The van der Waals surface area contributed by atoms with Crippen LogP contribution in [0.5, 0.6) is 5.75 Å². The Labute approximate surface area is 163 Å². The van der Waals surface area contributed by atoms with Gasteiger partial charge in [-0.1, -0.05) is 12.1 Å². The van der Waals surface area contributed by atoms with Crippen molar-refractivity contribution in [1.29, 1.82) is 0 Å². The Balaban J connectivity index is 1.67. The van der Waals surface area contributed by atoms with Crippen LogP contribution in [-0.4, -0.2) is 43.1 Å². The topological polar surface area (TPSA) is 65.8 Å². The maximum Gasteiger partial charge on any atom is 0.304 e. The van der Waals surface area contributed by atoms with E-state index in [2.05, 4.69) is 9.88 Å². The Morgan fingerprint density at radius 3 is 2.57 bits per heavy atom. The zero-order valence-corrected chi connectivity index (χ0v) is 16.1. The van der Waals surface area contributed by atoms with Gasteiger partial charge in [0.2, 0.25) is 0 Å². The van der Waals surface area contributed by atoms with Gasteiger partial charge in [-0.15, -0.1) is 4.73 Å². The van der Waals surface area contributed by atoms with Gasteiger partial charge in [0.05, 0.1) is 25.8 Å². The Morgan fingerprint density at radius 2 is 1.86 bits per heavy atom. The maximum atomic E-state index is 12.7. The minimum Gasteiger partial charge on any atom is -0.497 e. The molecule has 0 amide bonds. The number of aromatic nitrogens is 2. The van der Waals surface area contributed by atoms with Gasteiger partial charge in [0.25, 0.3) is 0 Å². The highest BCUT2D eigenvalue weighted by Crippen LogP contribution is 2.21. The van der Waals surface area contributed by atoms with Gasteiger partial charge in [-0.05, 0) is 42.8 Å². The highest BCUT2D eigenvalue weighted by molar-refractivity contribution is 5.79. The molecule has 4 rings (SSSR count). The second-order valence-electron chi connectivity index (χ2n) is 6.69. The summed E-state index contributed by atoms with van der Waals surface area (Å²) in [5.41, 5.74) is 3.51. The van der Waals surface area contributed by atoms with Crippen molar-refractivity contribution in [2.24, 2.45) is 0 Å². The summed E-state index contributed by atoms with van der Waals surface area (Å²) in [6.45, 7) is 5.01.